The molecule has 0 unspecified atom stereocenters. The Morgan fingerprint density at radius 1 is 1.88 bits per heavy atom. The van der Waals surface area contributed by atoms with Gasteiger partial charge in [0, 0.05) is 12.4 Å². The molecule has 2 nitrogen and oxygen atoms in total. The molecule has 0 bridgehead atoms. The lowest BCUT2D eigenvalue weighted by atomic mass is 10.3. The van der Waals surface area contributed by atoms with Gasteiger partial charge < -0.3 is 0 Å². The second kappa shape index (κ2) is 2.31. The van der Waals surface area contributed by atoms with Gasteiger partial charge in [-0.2, -0.15) is 0 Å². The number of hydrogen-bond acceptors (Lipinski definition) is 2. The van der Waals surface area contributed by atoms with Crippen molar-refractivity contribution >= 4 is 22.4 Å². The van der Waals surface area contributed by atoms with Gasteiger partial charge in [0.15, 0.2) is 0 Å². The van der Waals surface area contributed by atoms with Crippen LogP contribution in [-0.2, 0) is 0 Å². The maximum Gasteiger partial charge on any atom is 0.120 e. The molecule has 0 saturated heterocycles. The van der Waals surface area contributed by atoms with Crippen molar-refractivity contribution in [2.75, 3.05) is 6.67 Å². The molecule has 0 amide bonds. The Balaban J connectivity index is 2.63. The lowest BCUT2D eigenvalue weighted by Crippen LogP contribution is -2.08. The Kier molecular flexibility index (Phi) is 1.68. The molecule has 0 N–H and O–H groups in total. The summed E-state index contributed by atoms with van der Waals surface area (Å²) in [5, 5.41) is 0. The van der Waals surface area contributed by atoms with Crippen molar-refractivity contribution in [3.05, 3.63) is 11.8 Å². The van der Waals surface area contributed by atoms with Gasteiger partial charge in [-0.3, -0.25) is 8.92 Å². The quantitative estimate of drug-likeness (QED) is 0.510. The van der Waals surface area contributed by atoms with Crippen LogP contribution >= 0.6 is 16.1 Å². The molecule has 0 aliphatic carbocycles. The summed E-state index contributed by atoms with van der Waals surface area (Å²) >= 11 is 3.27. The highest BCUT2D eigenvalue weighted by atomic mass is 79.9. The van der Waals surface area contributed by atoms with E-state index in [0.29, 0.717) is 0 Å². The van der Waals surface area contributed by atoms with E-state index in [1.165, 1.54) is 5.57 Å². The lowest BCUT2D eigenvalue weighted by Gasteiger charge is -2.11. The Labute approximate surface area is 57.2 Å². The van der Waals surface area contributed by atoms with Crippen molar-refractivity contribution in [2.45, 2.75) is 6.92 Å². The van der Waals surface area contributed by atoms with Crippen LogP contribution in [0, 0.1) is 0 Å². The molecular formula is C5H7BrN2. The van der Waals surface area contributed by atoms with Crippen LogP contribution in [-0.4, -0.2) is 16.8 Å². The summed E-state index contributed by atoms with van der Waals surface area (Å²) in [4.78, 5) is 4.02. The second-order valence-corrected chi connectivity index (χ2v) is 2.64. The highest BCUT2D eigenvalue weighted by Gasteiger charge is 1.95. The molecule has 1 heterocycles. The molecule has 44 valence electrons. The van der Waals surface area contributed by atoms with Crippen LogP contribution in [0.15, 0.2) is 16.8 Å². The number of halogens is 1. The Morgan fingerprint density at radius 3 is 3.00 bits per heavy atom. The minimum Gasteiger partial charge on any atom is -0.295 e. The molecule has 1 rings (SSSR count). The second-order valence-electron chi connectivity index (χ2n) is 1.73. The summed E-state index contributed by atoms with van der Waals surface area (Å²) in [6.07, 6.45) is 3.85. The van der Waals surface area contributed by atoms with Gasteiger partial charge in [0.05, 0.1) is 16.1 Å². The van der Waals surface area contributed by atoms with E-state index in [1.54, 1.807) is 0 Å². The van der Waals surface area contributed by atoms with E-state index < -0.39 is 0 Å². The Morgan fingerprint density at radius 2 is 2.62 bits per heavy atom. The summed E-state index contributed by atoms with van der Waals surface area (Å²) in [5.41, 5.74) is 1.17. The SMILES string of the molecule is CC1=CN(Br)CN=C1. The third-order valence-corrected chi connectivity index (χ3v) is 1.28. The van der Waals surface area contributed by atoms with Crippen molar-refractivity contribution in [1.29, 1.82) is 0 Å². The maximum absolute atomic E-state index is 4.02. The van der Waals surface area contributed by atoms with Gasteiger partial charge in [0.1, 0.15) is 6.67 Å². The van der Waals surface area contributed by atoms with Crippen LogP contribution in [0.5, 0.6) is 0 Å². The third-order valence-electron chi connectivity index (χ3n) is 0.855. The van der Waals surface area contributed by atoms with Crippen LogP contribution in [0.1, 0.15) is 6.92 Å². The van der Waals surface area contributed by atoms with Gasteiger partial charge >= 0.3 is 0 Å². The smallest absolute Gasteiger partial charge is 0.120 e. The summed E-state index contributed by atoms with van der Waals surface area (Å²) < 4.78 is 1.86. The monoisotopic (exact) mass is 174 g/mol. The Hall–Kier alpha value is -0.310. The van der Waals surface area contributed by atoms with Crippen molar-refractivity contribution in [3.8, 4) is 0 Å². The predicted octanol–water partition coefficient (Wildman–Crippen LogP) is 1.54. The van der Waals surface area contributed by atoms with E-state index in [4.69, 9.17) is 0 Å². The molecule has 0 spiro atoms. The van der Waals surface area contributed by atoms with Crippen LogP contribution in [0.3, 0.4) is 0 Å². The molecule has 0 aromatic heterocycles. The highest BCUT2D eigenvalue weighted by molar-refractivity contribution is 9.07. The summed E-state index contributed by atoms with van der Waals surface area (Å²) in [5.74, 6) is 0. The molecule has 0 radical (unpaired) electrons. The van der Waals surface area contributed by atoms with E-state index in [2.05, 4.69) is 21.1 Å². The molecule has 3 heteroatoms. The first kappa shape index (κ1) is 5.82. The fourth-order valence-corrected chi connectivity index (χ4v) is 1.01. The number of aliphatic imine (C=N–C) groups is 1. The molecule has 1 aliphatic rings. The van der Waals surface area contributed by atoms with Crippen molar-refractivity contribution in [3.63, 3.8) is 0 Å². The zero-order chi connectivity index (χ0) is 5.98. The largest absolute Gasteiger partial charge is 0.295 e. The van der Waals surface area contributed by atoms with Gasteiger partial charge in [0.25, 0.3) is 0 Å². The lowest BCUT2D eigenvalue weighted by molar-refractivity contribution is 0.652. The normalized spacial score (nSPS) is 18.8. The minimum absolute atomic E-state index is 0.720. The van der Waals surface area contributed by atoms with Gasteiger partial charge in [-0.15, -0.1) is 0 Å². The number of nitrogens with zero attached hydrogens (tertiary/aromatic N) is 2. The molecule has 0 atom stereocenters. The zero-order valence-electron chi connectivity index (χ0n) is 4.63. The van der Waals surface area contributed by atoms with Gasteiger partial charge in [-0.1, -0.05) is 0 Å². The first-order valence-corrected chi connectivity index (χ1v) is 3.10. The molecule has 1 aliphatic heterocycles. The van der Waals surface area contributed by atoms with E-state index in [1.807, 2.05) is 23.3 Å². The number of hydrogen-bond donors (Lipinski definition) is 0. The highest BCUT2D eigenvalue weighted by Crippen LogP contribution is 2.05. The fraction of sp³-hybridized carbons (Fsp3) is 0.400. The van der Waals surface area contributed by atoms with Gasteiger partial charge in [-0.05, 0) is 12.5 Å². The summed E-state index contributed by atoms with van der Waals surface area (Å²) in [7, 11) is 0. The first-order valence-electron chi connectivity index (χ1n) is 2.40. The van der Waals surface area contributed by atoms with Gasteiger partial charge in [-0.25, -0.2) is 0 Å². The maximum atomic E-state index is 4.02. The van der Waals surface area contributed by atoms with Crippen molar-refractivity contribution < 1.29 is 0 Å². The Bertz CT molecular complexity index is 139. The molecule has 0 fully saturated rings. The molecule has 0 aromatic rings. The number of allylic oxidation sites excluding steroid dienone is 1. The van der Waals surface area contributed by atoms with E-state index in [9.17, 15) is 0 Å². The van der Waals surface area contributed by atoms with Crippen LogP contribution in [0.4, 0.5) is 0 Å². The molecular weight excluding hydrogens is 168 g/mol. The first-order chi connectivity index (χ1) is 3.79. The molecule has 0 aromatic carbocycles. The number of rotatable bonds is 0. The van der Waals surface area contributed by atoms with Crippen LogP contribution in [0.2, 0.25) is 0 Å². The van der Waals surface area contributed by atoms with Crippen LogP contribution < -0.4 is 0 Å². The molecule has 8 heavy (non-hydrogen) atoms. The van der Waals surface area contributed by atoms with E-state index in [0.717, 1.165) is 6.67 Å². The van der Waals surface area contributed by atoms with Gasteiger partial charge in [0.2, 0.25) is 0 Å². The summed E-state index contributed by atoms with van der Waals surface area (Å²) in [6, 6.07) is 0. The molecule has 0 saturated carbocycles. The fourth-order valence-electron chi connectivity index (χ4n) is 0.558. The van der Waals surface area contributed by atoms with E-state index in [-0.39, 0.29) is 0 Å². The predicted molar refractivity (Wildman–Crippen MR) is 37.9 cm³/mol. The third kappa shape index (κ3) is 1.33. The zero-order valence-corrected chi connectivity index (χ0v) is 6.22. The van der Waals surface area contributed by atoms with Crippen molar-refractivity contribution in [2.24, 2.45) is 4.99 Å². The minimum atomic E-state index is 0.720. The standard InChI is InChI=1S/C5H7BrN2/c1-5-2-7-4-8(6)3-5/h2-3H,4H2,1H3. The van der Waals surface area contributed by atoms with E-state index >= 15 is 0 Å². The average molecular weight is 175 g/mol. The summed E-state index contributed by atoms with van der Waals surface area (Å²) in [6.45, 7) is 2.73. The average Bonchev–Trinajstić information content (AvgIpc) is 1.64. The topological polar surface area (TPSA) is 15.6 Å². The van der Waals surface area contributed by atoms with Crippen molar-refractivity contribution in [1.82, 2.24) is 3.93 Å². The van der Waals surface area contributed by atoms with Crippen LogP contribution in [0.25, 0.3) is 0 Å².